The van der Waals surface area contributed by atoms with Crippen LogP contribution in [0.5, 0.6) is 0 Å². The molecule has 1 atom stereocenters. The van der Waals surface area contributed by atoms with Crippen molar-refractivity contribution in [3.05, 3.63) is 59.9 Å². The molecule has 6 N–H and O–H groups in total. The van der Waals surface area contributed by atoms with Crippen molar-refractivity contribution in [2.24, 2.45) is 5.73 Å². The highest BCUT2D eigenvalue weighted by Crippen LogP contribution is 2.14. The lowest BCUT2D eigenvalue weighted by molar-refractivity contribution is -0.138. The molecule has 0 bridgehead atoms. The largest absolute Gasteiger partial charge is 0.481 e. The van der Waals surface area contributed by atoms with Crippen LogP contribution >= 0.6 is 0 Å². The van der Waals surface area contributed by atoms with Crippen LogP contribution in [0.3, 0.4) is 0 Å². The Balaban J connectivity index is 1.78. The Kier molecular flexibility index (Phi) is 7.21. The summed E-state index contributed by atoms with van der Waals surface area (Å²) in [4.78, 5) is 39.1. The molecule has 0 aliphatic rings. The summed E-state index contributed by atoms with van der Waals surface area (Å²) >= 11 is 0. The summed E-state index contributed by atoms with van der Waals surface area (Å²) in [5.74, 6) is -2.82. The molecule has 2 aromatic rings. The number of pyridine rings is 1. The lowest BCUT2D eigenvalue weighted by Gasteiger charge is -2.13. The Morgan fingerprint density at radius 1 is 1.11 bits per heavy atom. The lowest BCUT2D eigenvalue weighted by atomic mass is 10.0. The third-order valence-corrected chi connectivity index (χ3v) is 3.95. The number of nitrogens with zero attached hydrogens (tertiary/aromatic N) is 1. The maximum Gasteiger partial charge on any atom is 0.312 e. The molecule has 9 heteroatoms. The minimum atomic E-state index is -1.07. The van der Waals surface area contributed by atoms with Crippen LogP contribution in [0.4, 0.5) is 5.69 Å². The molecule has 0 saturated heterocycles. The number of carbonyl (C=O) groups is 3. The van der Waals surface area contributed by atoms with Gasteiger partial charge in [0, 0.05) is 43.0 Å². The summed E-state index contributed by atoms with van der Waals surface area (Å²) in [6, 6.07) is 9.69. The molecule has 0 fully saturated rings. The van der Waals surface area contributed by atoms with Gasteiger partial charge in [-0.05, 0) is 35.9 Å². The highest BCUT2D eigenvalue weighted by Gasteiger charge is 2.20. The molecule has 0 saturated carbocycles. The number of aromatic nitrogens is 1. The summed E-state index contributed by atoms with van der Waals surface area (Å²) in [6.45, 7) is -0.0893. The second-order valence-electron chi connectivity index (χ2n) is 6.02. The zero-order chi connectivity index (χ0) is 20.5. The number of aliphatic carboxylic acids is 1. The predicted molar refractivity (Wildman–Crippen MR) is 103 cm³/mol. The maximum atomic E-state index is 11.9. The van der Waals surface area contributed by atoms with Gasteiger partial charge in [-0.3, -0.25) is 24.8 Å². The molecule has 9 nitrogen and oxygen atoms in total. The number of amidine groups is 1. The van der Waals surface area contributed by atoms with E-state index in [4.69, 9.17) is 11.1 Å². The van der Waals surface area contributed by atoms with E-state index >= 15 is 0 Å². The molecule has 1 unspecified atom stereocenters. The van der Waals surface area contributed by atoms with Crippen LogP contribution in [-0.2, 0) is 14.4 Å². The van der Waals surface area contributed by atoms with Gasteiger partial charge >= 0.3 is 5.97 Å². The third-order valence-electron chi connectivity index (χ3n) is 3.95. The Morgan fingerprint density at radius 3 is 2.36 bits per heavy atom. The average molecular weight is 383 g/mol. The second-order valence-corrected chi connectivity index (χ2v) is 6.02. The number of carbonyl (C=O) groups excluding carboxylic acids is 2. The first-order valence-electron chi connectivity index (χ1n) is 8.50. The van der Waals surface area contributed by atoms with Crippen LogP contribution in [-0.4, -0.2) is 40.3 Å². The monoisotopic (exact) mass is 383 g/mol. The van der Waals surface area contributed by atoms with E-state index in [2.05, 4.69) is 15.6 Å². The average Bonchev–Trinajstić information content (AvgIpc) is 2.67. The minimum absolute atomic E-state index is 0.0507. The van der Waals surface area contributed by atoms with Gasteiger partial charge in [-0.1, -0.05) is 6.07 Å². The number of amides is 2. The molecule has 2 amide bonds. The molecule has 2 rings (SSSR count). The molecule has 1 aromatic heterocycles. The van der Waals surface area contributed by atoms with Crippen molar-refractivity contribution in [3.8, 4) is 0 Å². The van der Waals surface area contributed by atoms with E-state index in [0.717, 1.165) is 0 Å². The molecule has 1 aromatic carbocycles. The molecule has 0 radical (unpaired) electrons. The number of carboxylic acid groups (broad SMARTS) is 1. The maximum absolute atomic E-state index is 11.9. The summed E-state index contributed by atoms with van der Waals surface area (Å²) in [6.07, 6.45) is 2.85. The molecule has 28 heavy (non-hydrogen) atoms. The van der Waals surface area contributed by atoms with E-state index in [1.54, 1.807) is 36.4 Å². The van der Waals surface area contributed by atoms with Gasteiger partial charge in [0.2, 0.25) is 11.8 Å². The molecule has 0 aliphatic carbocycles. The van der Waals surface area contributed by atoms with E-state index in [-0.39, 0.29) is 31.1 Å². The molecular formula is C19H21N5O4. The number of hydrogen-bond donors (Lipinski definition) is 5. The zero-order valence-corrected chi connectivity index (χ0v) is 15.0. The molecular weight excluding hydrogens is 362 g/mol. The number of nitrogens with two attached hydrogens (primary N) is 1. The highest BCUT2D eigenvalue weighted by molar-refractivity contribution is 5.96. The lowest BCUT2D eigenvalue weighted by Crippen LogP contribution is -2.32. The number of hydrogen-bond acceptors (Lipinski definition) is 5. The molecule has 1 heterocycles. The number of nitrogens with one attached hydrogen (secondary N) is 3. The van der Waals surface area contributed by atoms with E-state index in [0.29, 0.717) is 16.8 Å². The highest BCUT2D eigenvalue weighted by atomic mass is 16.4. The zero-order valence-electron chi connectivity index (χ0n) is 15.0. The van der Waals surface area contributed by atoms with Crippen LogP contribution in [0.25, 0.3) is 0 Å². The van der Waals surface area contributed by atoms with Crippen molar-refractivity contribution < 1.29 is 19.5 Å². The predicted octanol–water partition coefficient (Wildman–Crippen LogP) is 1.07. The van der Waals surface area contributed by atoms with Gasteiger partial charge < -0.3 is 21.5 Å². The van der Waals surface area contributed by atoms with E-state index in [1.807, 2.05) is 0 Å². The standard InChI is InChI=1S/C19H21N5O4/c20-18(21)12-3-5-14(6-4-12)24-17(26)8-7-16(25)23-11-15(19(27)28)13-2-1-9-22-10-13/h1-6,9-10,15H,7-8,11H2,(H3,20,21)(H,23,25)(H,24,26)(H,27,28). The van der Waals surface area contributed by atoms with Crippen LogP contribution in [0.15, 0.2) is 48.8 Å². The molecule has 0 spiro atoms. The van der Waals surface area contributed by atoms with Crippen molar-refractivity contribution in [3.63, 3.8) is 0 Å². The fraction of sp³-hybridized carbons (Fsp3) is 0.211. The van der Waals surface area contributed by atoms with Crippen LogP contribution in [0.2, 0.25) is 0 Å². The normalized spacial score (nSPS) is 11.3. The van der Waals surface area contributed by atoms with Crippen molar-refractivity contribution in [1.29, 1.82) is 5.41 Å². The number of anilines is 1. The van der Waals surface area contributed by atoms with Gasteiger partial charge in [-0.25, -0.2) is 0 Å². The fourth-order valence-electron chi connectivity index (χ4n) is 2.42. The number of benzene rings is 1. The number of rotatable bonds is 9. The molecule has 0 aliphatic heterocycles. The van der Waals surface area contributed by atoms with Gasteiger partial charge in [-0.2, -0.15) is 0 Å². The quantitative estimate of drug-likeness (QED) is 0.322. The Hall–Kier alpha value is -3.75. The second kappa shape index (κ2) is 9.81. The topological polar surface area (TPSA) is 158 Å². The van der Waals surface area contributed by atoms with Gasteiger partial charge in [0.25, 0.3) is 0 Å². The van der Waals surface area contributed by atoms with Crippen molar-refractivity contribution in [2.75, 3.05) is 11.9 Å². The first-order valence-corrected chi connectivity index (χ1v) is 8.50. The summed E-state index contributed by atoms with van der Waals surface area (Å²) < 4.78 is 0. The SMILES string of the molecule is N=C(N)c1ccc(NC(=O)CCC(=O)NCC(C(=O)O)c2cccnc2)cc1. The van der Waals surface area contributed by atoms with E-state index < -0.39 is 17.8 Å². The Bertz CT molecular complexity index is 852. The minimum Gasteiger partial charge on any atom is -0.481 e. The van der Waals surface area contributed by atoms with Gasteiger partial charge in [-0.15, -0.1) is 0 Å². The van der Waals surface area contributed by atoms with Crippen LogP contribution in [0.1, 0.15) is 29.9 Å². The fourth-order valence-corrected chi connectivity index (χ4v) is 2.42. The third kappa shape index (κ3) is 6.20. The summed E-state index contributed by atoms with van der Waals surface area (Å²) in [5.41, 5.74) is 6.92. The number of nitrogen functional groups attached to an aromatic ring is 1. The van der Waals surface area contributed by atoms with E-state index in [1.165, 1.54) is 12.4 Å². The Labute approximate surface area is 161 Å². The summed E-state index contributed by atoms with van der Waals surface area (Å²) in [5, 5.41) is 21.8. The van der Waals surface area contributed by atoms with Crippen LogP contribution < -0.4 is 16.4 Å². The van der Waals surface area contributed by atoms with Crippen molar-refractivity contribution in [1.82, 2.24) is 10.3 Å². The molecule has 146 valence electrons. The van der Waals surface area contributed by atoms with Crippen molar-refractivity contribution >= 4 is 29.3 Å². The Morgan fingerprint density at radius 2 is 1.79 bits per heavy atom. The van der Waals surface area contributed by atoms with Crippen molar-refractivity contribution in [2.45, 2.75) is 18.8 Å². The summed E-state index contributed by atoms with van der Waals surface area (Å²) in [7, 11) is 0. The van der Waals surface area contributed by atoms with Gasteiger partial charge in [0.15, 0.2) is 0 Å². The smallest absolute Gasteiger partial charge is 0.312 e. The first kappa shape index (κ1) is 20.6. The van der Waals surface area contributed by atoms with Gasteiger partial charge in [0.1, 0.15) is 11.8 Å². The number of carboxylic acids is 1. The van der Waals surface area contributed by atoms with E-state index in [9.17, 15) is 19.5 Å². The van der Waals surface area contributed by atoms with Crippen LogP contribution in [0, 0.1) is 5.41 Å². The first-order chi connectivity index (χ1) is 13.4. The van der Waals surface area contributed by atoms with Gasteiger partial charge in [0.05, 0.1) is 0 Å².